The lowest BCUT2D eigenvalue weighted by Crippen LogP contribution is -2.11. The van der Waals surface area contributed by atoms with Crippen LogP contribution in [0.25, 0.3) is 0 Å². The molecule has 0 saturated heterocycles. The van der Waals surface area contributed by atoms with Crippen LogP contribution in [0.1, 0.15) is 12.0 Å². The molecule has 0 amide bonds. The minimum atomic E-state index is 0.593. The van der Waals surface area contributed by atoms with Crippen molar-refractivity contribution in [3.05, 3.63) is 29.8 Å². The van der Waals surface area contributed by atoms with Crippen molar-refractivity contribution in [1.29, 1.82) is 0 Å². The Kier molecular flexibility index (Phi) is 2.27. The fourth-order valence-electron chi connectivity index (χ4n) is 1.33. The highest BCUT2D eigenvalue weighted by Crippen LogP contribution is 2.17. The molecule has 0 aromatic heterocycles. The first-order valence-corrected chi connectivity index (χ1v) is 4.40. The van der Waals surface area contributed by atoms with Gasteiger partial charge in [0.2, 0.25) is 0 Å². The lowest BCUT2D eigenvalue weighted by Gasteiger charge is -2.13. The summed E-state index contributed by atoms with van der Waals surface area (Å²) < 4.78 is 0. The molecule has 1 radical (unpaired) electrons. The SMILES string of the molecule is NCc1ccc(N2CC[C]=N2)cc1. The number of nitrogens with two attached hydrogens (primary N) is 1. The van der Waals surface area contributed by atoms with Crippen LogP contribution >= 0.6 is 0 Å². The second kappa shape index (κ2) is 3.58. The van der Waals surface area contributed by atoms with E-state index >= 15 is 0 Å². The van der Waals surface area contributed by atoms with Crippen LogP contribution in [0, 0.1) is 0 Å². The van der Waals surface area contributed by atoms with Gasteiger partial charge in [-0.3, -0.25) is 5.01 Å². The highest BCUT2D eigenvalue weighted by molar-refractivity contribution is 5.65. The molecule has 0 fully saturated rings. The van der Waals surface area contributed by atoms with E-state index in [0.29, 0.717) is 6.54 Å². The van der Waals surface area contributed by atoms with Gasteiger partial charge in [-0.15, -0.1) is 0 Å². The van der Waals surface area contributed by atoms with Crippen LogP contribution in [-0.2, 0) is 6.54 Å². The third-order valence-electron chi connectivity index (χ3n) is 2.10. The Labute approximate surface area is 77.9 Å². The van der Waals surface area contributed by atoms with Crippen molar-refractivity contribution in [2.75, 3.05) is 11.6 Å². The molecular weight excluding hydrogens is 162 g/mol. The van der Waals surface area contributed by atoms with E-state index in [1.807, 2.05) is 29.3 Å². The second-order valence-electron chi connectivity index (χ2n) is 3.00. The number of hydrazone groups is 1. The van der Waals surface area contributed by atoms with Gasteiger partial charge in [0.15, 0.2) is 0 Å². The Bertz CT molecular complexity index is 302. The molecule has 1 aliphatic heterocycles. The molecule has 2 rings (SSSR count). The molecule has 1 heterocycles. The third kappa shape index (κ3) is 1.70. The normalized spacial score (nSPS) is 15.3. The molecule has 0 atom stereocenters. The molecule has 2 N–H and O–H groups in total. The van der Waals surface area contributed by atoms with Crippen molar-refractivity contribution in [3.63, 3.8) is 0 Å². The standard InChI is InChI=1S/C10H12N3/c11-8-9-2-4-10(5-3-9)13-7-1-6-12-13/h2-5H,1,7-8,11H2. The average molecular weight is 174 g/mol. The number of rotatable bonds is 2. The first kappa shape index (κ1) is 8.26. The van der Waals surface area contributed by atoms with Gasteiger partial charge < -0.3 is 5.73 Å². The smallest absolute Gasteiger partial charge is 0.0861 e. The van der Waals surface area contributed by atoms with Crippen molar-refractivity contribution in [3.8, 4) is 0 Å². The molecule has 67 valence electrons. The number of benzene rings is 1. The predicted octanol–water partition coefficient (Wildman–Crippen LogP) is 1.22. The van der Waals surface area contributed by atoms with Gasteiger partial charge in [0.25, 0.3) is 0 Å². The van der Waals surface area contributed by atoms with Crippen molar-refractivity contribution < 1.29 is 0 Å². The summed E-state index contributed by atoms with van der Waals surface area (Å²) in [5, 5.41) is 6.06. The van der Waals surface area contributed by atoms with Crippen LogP contribution < -0.4 is 10.7 Å². The number of hydrogen-bond acceptors (Lipinski definition) is 3. The maximum atomic E-state index is 5.50. The first-order valence-electron chi connectivity index (χ1n) is 4.40. The van der Waals surface area contributed by atoms with E-state index in [1.54, 1.807) is 0 Å². The average Bonchev–Trinajstić information content (AvgIpc) is 2.71. The monoisotopic (exact) mass is 174 g/mol. The first-order chi connectivity index (χ1) is 6.40. The molecule has 13 heavy (non-hydrogen) atoms. The van der Waals surface area contributed by atoms with Crippen molar-refractivity contribution >= 4 is 11.9 Å². The fraction of sp³-hybridized carbons (Fsp3) is 0.300. The molecule has 3 heteroatoms. The molecule has 0 aliphatic carbocycles. The second-order valence-corrected chi connectivity index (χ2v) is 3.00. The minimum Gasteiger partial charge on any atom is -0.326 e. The topological polar surface area (TPSA) is 41.6 Å². The molecule has 1 aromatic rings. The Morgan fingerprint density at radius 3 is 2.69 bits per heavy atom. The van der Waals surface area contributed by atoms with Gasteiger partial charge in [-0.1, -0.05) is 12.1 Å². The summed E-state index contributed by atoms with van der Waals surface area (Å²) in [6.07, 6.45) is 3.84. The van der Waals surface area contributed by atoms with Crippen LogP contribution in [0.15, 0.2) is 29.4 Å². The summed E-state index contributed by atoms with van der Waals surface area (Å²) in [5.74, 6) is 0. The summed E-state index contributed by atoms with van der Waals surface area (Å²) >= 11 is 0. The largest absolute Gasteiger partial charge is 0.326 e. The number of nitrogens with zero attached hydrogens (tertiary/aromatic N) is 2. The van der Waals surface area contributed by atoms with E-state index in [-0.39, 0.29) is 0 Å². The molecular formula is C10H12N3. The highest BCUT2D eigenvalue weighted by atomic mass is 15.5. The molecule has 0 unspecified atom stereocenters. The van der Waals surface area contributed by atoms with Gasteiger partial charge in [-0.2, -0.15) is 5.10 Å². The lowest BCUT2D eigenvalue weighted by molar-refractivity contribution is 0.920. The maximum Gasteiger partial charge on any atom is 0.0861 e. The van der Waals surface area contributed by atoms with E-state index in [4.69, 9.17) is 5.73 Å². The van der Waals surface area contributed by atoms with Crippen LogP contribution in [0.5, 0.6) is 0 Å². The molecule has 3 nitrogen and oxygen atoms in total. The van der Waals surface area contributed by atoms with Crippen LogP contribution in [-0.4, -0.2) is 12.8 Å². The summed E-state index contributed by atoms with van der Waals surface area (Å²) in [4.78, 5) is 0. The van der Waals surface area contributed by atoms with Crippen molar-refractivity contribution in [2.24, 2.45) is 10.8 Å². The number of hydrogen-bond donors (Lipinski definition) is 1. The zero-order valence-corrected chi connectivity index (χ0v) is 7.40. The zero-order valence-electron chi connectivity index (χ0n) is 7.40. The quantitative estimate of drug-likeness (QED) is 0.732. The summed E-state index contributed by atoms with van der Waals surface area (Å²) in [5.41, 5.74) is 7.77. The molecule has 0 saturated carbocycles. The Morgan fingerprint density at radius 1 is 1.38 bits per heavy atom. The lowest BCUT2D eigenvalue weighted by atomic mass is 10.2. The van der Waals surface area contributed by atoms with E-state index in [0.717, 1.165) is 24.2 Å². The van der Waals surface area contributed by atoms with Gasteiger partial charge in [0.1, 0.15) is 0 Å². The zero-order chi connectivity index (χ0) is 9.10. The van der Waals surface area contributed by atoms with Gasteiger partial charge in [0, 0.05) is 19.5 Å². The molecule has 1 aliphatic rings. The predicted molar refractivity (Wildman–Crippen MR) is 53.7 cm³/mol. The summed E-state index contributed by atoms with van der Waals surface area (Å²) in [6, 6.07) is 8.14. The van der Waals surface area contributed by atoms with Gasteiger partial charge in [-0.05, 0) is 17.7 Å². The van der Waals surface area contributed by atoms with E-state index < -0.39 is 0 Å². The maximum absolute atomic E-state index is 5.50. The summed E-state index contributed by atoms with van der Waals surface area (Å²) in [6.45, 7) is 1.53. The summed E-state index contributed by atoms with van der Waals surface area (Å²) in [7, 11) is 0. The van der Waals surface area contributed by atoms with Crippen molar-refractivity contribution in [2.45, 2.75) is 13.0 Å². The molecule has 0 bridgehead atoms. The van der Waals surface area contributed by atoms with Crippen LogP contribution in [0.4, 0.5) is 5.69 Å². The van der Waals surface area contributed by atoms with Crippen LogP contribution in [0.2, 0.25) is 0 Å². The van der Waals surface area contributed by atoms with Crippen LogP contribution in [0.3, 0.4) is 0 Å². The minimum absolute atomic E-state index is 0.593. The van der Waals surface area contributed by atoms with Gasteiger partial charge in [-0.25, -0.2) is 0 Å². The van der Waals surface area contributed by atoms with E-state index in [9.17, 15) is 0 Å². The van der Waals surface area contributed by atoms with Gasteiger partial charge in [0.05, 0.1) is 11.9 Å². The number of anilines is 1. The Hall–Kier alpha value is -1.35. The molecule has 1 aromatic carbocycles. The Morgan fingerprint density at radius 2 is 2.15 bits per heavy atom. The van der Waals surface area contributed by atoms with E-state index in [1.165, 1.54) is 0 Å². The van der Waals surface area contributed by atoms with E-state index in [2.05, 4.69) is 11.3 Å². The highest BCUT2D eigenvalue weighted by Gasteiger charge is 2.07. The molecule has 0 spiro atoms. The fourth-order valence-corrected chi connectivity index (χ4v) is 1.33. The Balaban J connectivity index is 2.17. The van der Waals surface area contributed by atoms with Gasteiger partial charge >= 0.3 is 0 Å². The van der Waals surface area contributed by atoms with Crippen molar-refractivity contribution in [1.82, 2.24) is 0 Å². The third-order valence-corrected chi connectivity index (χ3v) is 2.10.